The third-order valence-electron chi connectivity index (χ3n) is 5.00. The van der Waals surface area contributed by atoms with Crippen molar-refractivity contribution in [3.63, 3.8) is 0 Å². The number of amides is 1. The Balaban J connectivity index is 1.53. The molecule has 156 valence electrons. The number of rotatable bonds is 7. The number of thiophene rings is 1. The summed E-state index contributed by atoms with van der Waals surface area (Å²) in [6.45, 7) is 7.18. The minimum atomic E-state index is 0.0689. The van der Waals surface area contributed by atoms with E-state index in [1.807, 2.05) is 24.0 Å². The molecule has 1 amide bonds. The number of ether oxygens (including phenoxy) is 1. The van der Waals surface area contributed by atoms with Crippen LogP contribution in [0.1, 0.15) is 28.5 Å². The van der Waals surface area contributed by atoms with Crippen molar-refractivity contribution >= 4 is 23.2 Å². The van der Waals surface area contributed by atoms with E-state index in [4.69, 9.17) is 4.74 Å². The molecule has 0 aliphatic carbocycles. The summed E-state index contributed by atoms with van der Waals surface area (Å²) in [4.78, 5) is 20.4. The molecule has 0 saturated heterocycles. The summed E-state index contributed by atoms with van der Waals surface area (Å²) in [6.07, 6.45) is 1.76. The minimum Gasteiger partial charge on any atom is -0.496 e. The molecular formula is C22H30N4O2S. The van der Waals surface area contributed by atoms with Crippen LogP contribution in [0.5, 0.6) is 5.75 Å². The SMILES string of the molecule is CCNC(=NCC(=O)N1CCc2sccc2C1)NCCc1cc(C)ccc1OC. The lowest BCUT2D eigenvalue weighted by Crippen LogP contribution is -2.41. The van der Waals surface area contributed by atoms with E-state index in [9.17, 15) is 4.79 Å². The number of aryl methyl sites for hydroxylation is 1. The topological polar surface area (TPSA) is 66.0 Å². The Morgan fingerprint density at radius 1 is 1.31 bits per heavy atom. The van der Waals surface area contributed by atoms with E-state index in [-0.39, 0.29) is 12.5 Å². The first-order valence-corrected chi connectivity index (χ1v) is 11.0. The van der Waals surface area contributed by atoms with E-state index in [1.165, 1.54) is 16.0 Å². The van der Waals surface area contributed by atoms with Crippen LogP contribution >= 0.6 is 11.3 Å². The number of hydrogen-bond donors (Lipinski definition) is 2. The van der Waals surface area contributed by atoms with Gasteiger partial charge in [0.1, 0.15) is 12.3 Å². The second-order valence-electron chi connectivity index (χ2n) is 7.12. The zero-order valence-electron chi connectivity index (χ0n) is 17.5. The molecular weight excluding hydrogens is 384 g/mol. The fourth-order valence-corrected chi connectivity index (χ4v) is 4.36. The highest BCUT2D eigenvalue weighted by molar-refractivity contribution is 7.10. The van der Waals surface area contributed by atoms with Gasteiger partial charge in [0.25, 0.3) is 0 Å². The van der Waals surface area contributed by atoms with Crippen LogP contribution in [0.15, 0.2) is 34.6 Å². The molecule has 0 atom stereocenters. The molecule has 1 aliphatic rings. The fraction of sp³-hybridized carbons (Fsp3) is 0.455. The lowest BCUT2D eigenvalue weighted by atomic mass is 10.1. The maximum atomic E-state index is 12.6. The molecule has 29 heavy (non-hydrogen) atoms. The van der Waals surface area contributed by atoms with Crippen molar-refractivity contribution in [1.29, 1.82) is 0 Å². The van der Waals surface area contributed by atoms with Crippen molar-refractivity contribution in [2.45, 2.75) is 33.2 Å². The quantitative estimate of drug-likeness (QED) is 0.540. The van der Waals surface area contributed by atoms with Gasteiger partial charge in [0.2, 0.25) is 5.91 Å². The summed E-state index contributed by atoms with van der Waals surface area (Å²) >= 11 is 1.78. The van der Waals surface area contributed by atoms with Crippen LogP contribution in [0.3, 0.4) is 0 Å². The van der Waals surface area contributed by atoms with Gasteiger partial charge in [0.05, 0.1) is 7.11 Å². The Hall–Kier alpha value is -2.54. The van der Waals surface area contributed by atoms with Gasteiger partial charge < -0.3 is 20.3 Å². The number of fused-ring (bicyclic) bond motifs is 1. The third kappa shape index (κ3) is 5.73. The first-order valence-electron chi connectivity index (χ1n) is 10.1. The number of guanidine groups is 1. The standard InChI is InChI=1S/C22H30N4O2S/c1-4-23-22(24-10-7-17-13-16(2)5-6-19(17)28-3)25-14-21(27)26-11-8-20-18(15-26)9-12-29-20/h5-6,9,12-13H,4,7-8,10-11,14-15H2,1-3H3,(H2,23,24,25). The maximum Gasteiger partial charge on any atom is 0.244 e. The Morgan fingerprint density at radius 2 is 2.17 bits per heavy atom. The first-order chi connectivity index (χ1) is 14.1. The van der Waals surface area contributed by atoms with Gasteiger partial charge in [-0.2, -0.15) is 0 Å². The number of nitrogens with zero attached hydrogens (tertiary/aromatic N) is 2. The summed E-state index contributed by atoms with van der Waals surface area (Å²) in [6, 6.07) is 8.31. The normalized spacial score (nSPS) is 13.8. The zero-order valence-corrected chi connectivity index (χ0v) is 18.3. The molecule has 3 rings (SSSR count). The number of benzene rings is 1. The molecule has 6 nitrogen and oxygen atoms in total. The van der Waals surface area contributed by atoms with Crippen molar-refractivity contribution in [2.24, 2.45) is 4.99 Å². The van der Waals surface area contributed by atoms with E-state index < -0.39 is 0 Å². The highest BCUT2D eigenvalue weighted by Gasteiger charge is 2.21. The Bertz CT molecular complexity index is 862. The van der Waals surface area contributed by atoms with Crippen molar-refractivity contribution < 1.29 is 9.53 Å². The number of nitrogens with one attached hydrogen (secondary N) is 2. The predicted molar refractivity (Wildman–Crippen MR) is 119 cm³/mol. The molecule has 0 spiro atoms. The molecule has 0 saturated carbocycles. The number of hydrogen-bond acceptors (Lipinski definition) is 4. The third-order valence-corrected chi connectivity index (χ3v) is 6.02. The summed E-state index contributed by atoms with van der Waals surface area (Å²) < 4.78 is 5.45. The maximum absolute atomic E-state index is 12.6. The van der Waals surface area contributed by atoms with Crippen LogP contribution in [0.2, 0.25) is 0 Å². The summed E-state index contributed by atoms with van der Waals surface area (Å²) in [7, 11) is 1.69. The second kappa shape index (κ2) is 10.3. The van der Waals surface area contributed by atoms with Gasteiger partial charge in [0, 0.05) is 31.1 Å². The van der Waals surface area contributed by atoms with Crippen LogP contribution < -0.4 is 15.4 Å². The minimum absolute atomic E-state index is 0.0689. The number of aliphatic imine (C=N–C) groups is 1. The highest BCUT2D eigenvalue weighted by atomic mass is 32.1. The Morgan fingerprint density at radius 3 is 2.97 bits per heavy atom. The molecule has 0 radical (unpaired) electrons. The van der Waals surface area contributed by atoms with Gasteiger partial charge in [-0.25, -0.2) is 4.99 Å². The van der Waals surface area contributed by atoms with Crippen molar-refractivity contribution in [1.82, 2.24) is 15.5 Å². The van der Waals surface area contributed by atoms with Gasteiger partial charge in [0.15, 0.2) is 5.96 Å². The molecule has 1 aliphatic heterocycles. The van der Waals surface area contributed by atoms with Crippen LogP contribution in [0.4, 0.5) is 0 Å². The van der Waals surface area contributed by atoms with E-state index in [0.29, 0.717) is 19.0 Å². The van der Waals surface area contributed by atoms with E-state index in [1.54, 1.807) is 18.4 Å². The van der Waals surface area contributed by atoms with Crippen molar-refractivity contribution in [3.8, 4) is 5.75 Å². The fourth-order valence-electron chi connectivity index (χ4n) is 3.47. The molecule has 7 heteroatoms. The average Bonchev–Trinajstić information content (AvgIpc) is 3.20. The molecule has 0 unspecified atom stereocenters. The molecule has 1 aromatic carbocycles. The zero-order chi connectivity index (χ0) is 20.6. The Labute approximate surface area is 177 Å². The lowest BCUT2D eigenvalue weighted by molar-refractivity contribution is -0.130. The predicted octanol–water partition coefficient (Wildman–Crippen LogP) is 2.75. The molecule has 2 heterocycles. The van der Waals surface area contributed by atoms with Crippen LogP contribution in [0, 0.1) is 6.92 Å². The summed E-state index contributed by atoms with van der Waals surface area (Å²) in [5, 5.41) is 8.65. The van der Waals surface area contributed by atoms with Crippen LogP contribution in [0.25, 0.3) is 0 Å². The molecule has 0 bridgehead atoms. The number of carbonyl (C=O) groups is 1. The highest BCUT2D eigenvalue weighted by Crippen LogP contribution is 2.24. The van der Waals surface area contributed by atoms with Crippen molar-refractivity contribution in [3.05, 3.63) is 51.2 Å². The molecule has 2 aromatic rings. The van der Waals surface area contributed by atoms with E-state index >= 15 is 0 Å². The van der Waals surface area contributed by atoms with Crippen molar-refractivity contribution in [2.75, 3.05) is 33.3 Å². The molecule has 1 aromatic heterocycles. The molecule has 2 N–H and O–H groups in total. The van der Waals surface area contributed by atoms with Gasteiger partial charge >= 0.3 is 0 Å². The first kappa shape index (κ1) is 21.2. The smallest absolute Gasteiger partial charge is 0.244 e. The molecule has 0 fully saturated rings. The van der Waals surface area contributed by atoms with Gasteiger partial charge in [-0.1, -0.05) is 17.7 Å². The van der Waals surface area contributed by atoms with E-state index in [2.05, 4.69) is 40.1 Å². The number of carbonyl (C=O) groups excluding carboxylic acids is 1. The van der Waals surface area contributed by atoms with E-state index in [0.717, 1.165) is 37.2 Å². The van der Waals surface area contributed by atoms with Gasteiger partial charge in [-0.3, -0.25) is 4.79 Å². The monoisotopic (exact) mass is 414 g/mol. The van der Waals surface area contributed by atoms with Crippen LogP contribution in [-0.4, -0.2) is 50.1 Å². The largest absolute Gasteiger partial charge is 0.496 e. The average molecular weight is 415 g/mol. The number of methoxy groups -OCH3 is 1. The second-order valence-corrected chi connectivity index (χ2v) is 8.12. The van der Waals surface area contributed by atoms with Gasteiger partial charge in [-0.05, 0) is 55.3 Å². The van der Waals surface area contributed by atoms with Gasteiger partial charge in [-0.15, -0.1) is 11.3 Å². The Kier molecular flexibility index (Phi) is 7.52. The summed E-state index contributed by atoms with van der Waals surface area (Å²) in [5.41, 5.74) is 3.64. The lowest BCUT2D eigenvalue weighted by Gasteiger charge is -2.26. The van der Waals surface area contributed by atoms with Crippen LogP contribution in [-0.2, 0) is 24.2 Å². The summed E-state index contributed by atoms with van der Waals surface area (Å²) in [5.74, 6) is 1.63.